The second-order valence-corrected chi connectivity index (χ2v) is 4.73. The Bertz CT molecular complexity index is 441. The molecule has 1 atom stereocenters. The number of aromatic nitrogens is 1. The Balaban J connectivity index is 2.19. The Morgan fingerprint density at radius 3 is 2.94 bits per heavy atom. The lowest BCUT2D eigenvalue weighted by Crippen LogP contribution is -2.37. The maximum Gasteiger partial charge on any atom is 0.287 e. The third-order valence-electron chi connectivity index (χ3n) is 3.06. The molecule has 2 rings (SSSR count). The van der Waals surface area contributed by atoms with Crippen LogP contribution in [0, 0.1) is 17.0 Å². The fourth-order valence-electron chi connectivity index (χ4n) is 2.00. The molecule has 0 radical (unpaired) electrons. The van der Waals surface area contributed by atoms with Crippen molar-refractivity contribution in [3.05, 3.63) is 27.9 Å². The van der Waals surface area contributed by atoms with Gasteiger partial charge in [-0.2, -0.15) is 0 Å². The van der Waals surface area contributed by atoms with Gasteiger partial charge in [-0.3, -0.25) is 10.1 Å². The summed E-state index contributed by atoms with van der Waals surface area (Å²) in [6, 6.07) is 1.54. The minimum Gasteiger partial charge on any atom is -0.363 e. The van der Waals surface area contributed by atoms with Gasteiger partial charge in [0.25, 0.3) is 5.69 Å². The molecule has 6 nitrogen and oxygen atoms in total. The molecule has 0 spiro atoms. The van der Waals surface area contributed by atoms with E-state index in [1.807, 2.05) is 6.92 Å². The van der Waals surface area contributed by atoms with Crippen LogP contribution < -0.4 is 10.6 Å². The van der Waals surface area contributed by atoms with E-state index in [2.05, 4.69) is 22.5 Å². The first-order valence-electron chi connectivity index (χ1n) is 5.60. The van der Waals surface area contributed by atoms with Crippen LogP contribution in [-0.2, 0) is 0 Å². The van der Waals surface area contributed by atoms with Gasteiger partial charge in [-0.1, -0.05) is 0 Å². The summed E-state index contributed by atoms with van der Waals surface area (Å²) in [5.74, 6) is 0.724. The number of hydrogen-bond donors (Lipinski definition) is 2. The fourth-order valence-corrected chi connectivity index (χ4v) is 2.00. The topological polar surface area (TPSA) is 80.1 Å². The molecule has 92 valence electrons. The summed E-state index contributed by atoms with van der Waals surface area (Å²) in [7, 11) is 0. The van der Waals surface area contributed by atoms with Crippen molar-refractivity contribution in [2.75, 3.05) is 18.4 Å². The van der Waals surface area contributed by atoms with E-state index in [9.17, 15) is 10.1 Å². The Hall–Kier alpha value is -1.69. The van der Waals surface area contributed by atoms with Crippen molar-refractivity contribution < 1.29 is 4.92 Å². The minimum absolute atomic E-state index is 0.0199. The molecule has 1 aliphatic heterocycles. The van der Waals surface area contributed by atoms with Crippen LogP contribution in [0.2, 0.25) is 0 Å². The van der Waals surface area contributed by atoms with Crippen LogP contribution in [0.15, 0.2) is 12.3 Å². The molecule has 1 unspecified atom stereocenters. The number of anilines is 1. The quantitative estimate of drug-likeness (QED) is 0.613. The Morgan fingerprint density at radius 2 is 2.41 bits per heavy atom. The average molecular weight is 236 g/mol. The van der Waals surface area contributed by atoms with Gasteiger partial charge in [-0.05, 0) is 32.4 Å². The van der Waals surface area contributed by atoms with E-state index in [1.54, 1.807) is 6.07 Å². The Kier molecular flexibility index (Phi) is 2.97. The van der Waals surface area contributed by atoms with Crippen molar-refractivity contribution in [2.45, 2.75) is 25.8 Å². The second kappa shape index (κ2) is 4.29. The van der Waals surface area contributed by atoms with Crippen molar-refractivity contribution in [1.82, 2.24) is 10.3 Å². The van der Waals surface area contributed by atoms with Gasteiger partial charge in [0.2, 0.25) is 0 Å². The molecule has 6 heteroatoms. The first-order chi connectivity index (χ1) is 8.00. The fraction of sp³-hybridized carbons (Fsp3) is 0.545. The van der Waals surface area contributed by atoms with E-state index in [0.717, 1.165) is 30.9 Å². The number of pyridine rings is 1. The summed E-state index contributed by atoms with van der Waals surface area (Å²) in [5, 5.41) is 17.2. The average Bonchev–Trinajstić information content (AvgIpc) is 2.68. The van der Waals surface area contributed by atoms with Crippen molar-refractivity contribution >= 4 is 11.5 Å². The lowest BCUT2D eigenvalue weighted by Gasteiger charge is -2.25. The van der Waals surface area contributed by atoms with Gasteiger partial charge in [0, 0.05) is 18.2 Å². The zero-order chi connectivity index (χ0) is 12.5. The Morgan fingerprint density at radius 1 is 1.65 bits per heavy atom. The summed E-state index contributed by atoms with van der Waals surface area (Å²) in [5.41, 5.74) is 0.809. The lowest BCUT2D eigenvalue weighted by molar-refractivity contribution is -0.385. The molecule has 0 amide bonds. The van der Waals surface area contributed by atoms with E-state index in [-0.39, 0.29) is 11.2 Å². The van der Waals surface area contributed by atoms with E-state index < -0.39 is 4.92 Å². The summed E-state index contributed by atoms with van der Waals surface area (Å²) in [6.45, 7) is 5.81. The zero-order valence-electron chi connectivity index (χ0n) is 9.99. The molecule has 0 saturated carbocycles. The van der Waals surface area contributed by atoms with Gasteiger partial charge in [-0.15, -0.1) is 0 Å². The van der Waals surface area contributed by atoms with Gasteiger partial charge in [0.1, 0.15) is 12.0 Å². The van der Waals surface area contributed by atoms with Crippen LogP contribution in [0.5, 0.6) is 0 Å². The standard InChI is InChI=1S/C11H16N4O2/c1-8-5-9(15(16)17)6-13-10(8)14-11(2)3-4-12-7-11/h5-6,12H,3-4,7H2,1-2H3,(H,13,14). The van der Waals surface area contributed by atoms with Crippen LogP contribution in [0.4, 0.5) is 11.5 Å². The predicted molar refractivity (Wildman–Crippen MR) is 65.1 cm³/mol. The lowest BCUT2D eigenvalue weighted by atomic mass is 10.0. The molecule has 0 aromatic carbocycles. The van der Waals surface area contributed by atoms with Crippen LogP contribution in [0.1, 0.15) is 18.9 Å². The number of hydrogen-bond acceptors (Lipinski definition) is 5. The smallest absolute Gasteiger partial charge is 0.287 e. The molecule has 0 bridgehead atoms. The molecule has 2 heterocycles. The number of nitrogens with zero attached hydrogens (tertiary/aromatic N) is 2. The van der Waals surface area contributed by atoms with E-state index in [4.69, 9.17) is 0 Å². The second-order valence-electron chi connectivity index (χ2n) is 4.73. The van der Waals surface area contributed by atoms with Crippen LogP contribution in [-0.4, -0.2) is 28.5 Å². The third kappa shape index (κ3) is 2.52. The SMILES string of the molecule is Cc1cc([N+](=O)[O-])cnc1NC1(C)CCNC1. The maximum absolute atomic E-state index is 10.6. The Labute approximate surface area is 99.6 Å². The van der Waals surface area contributed by atoms with Crippen LogP contribution in [0.25, 0.3) is 0 Å². The highest BCUT2D eigenvalue weighted by Gasteiger charge is 2.29. The predicted octanol–water partition coefficient (Wildman–Crippen LogP) is 1.46. The van der Waals surface area contributed by atoms with E-state index >= 15 is 0 Å². The molecular formula is C11H16N4O2. The van der Waals surface area contributed by atoms with Gasteiger partial charge < -0.3 is 10.6 Å². The summed E-state index contributed by atoms with van der Waals surface area (Å²) in [4.78, 5) is 14.3. The molecule has 1 aromatic heterocycles. The number of nitrogens with one attached hydrogen (secondary N) is 2. The minimum atomic E-state index is -0.428. The van der Waals surface area contributed by atoms with Crippen LogP contribution in [0.3, 0.4) is 0 Å². The van der Waals surface area contributed by atoms with Gasteiger partial charge in [0.05, 0.1) is 4.92 Å². The third-order valence-corrected chi connectivity index (χ3v) is 3.06. The number of rotatable bonds is 3. The first-order valence-corrected chi connectivity index (χ1v) is 5.60. The molecule has 1 saturated heterocycles. The largest absolute Gasteiger partial charge is 0.363 e. The highest BCUT2D eigenvalue weighted by molar-refractivity contribution is 5.50. The van der Waals surface area contributed by atoms with Crippen molar-refractivity contribution in [3.63, 3.8) is 0 Å². The molecule has 2 N–H and O–H groups in total. The zero-order valence-corrected chi connectivity index (χ0v) is 9.99. The van der Waals surface area contributed by atoms with E-state index in [0.29, 0.717) is 0 Å². The monoisotopic (exact) mass is 236 g/mol. The van der Waals surface area contributed by atoms with Crippen molar-refractivity contribution in [2.24, 2.45) is 0 Å². The highest BCUT2D eigenvalue weighted by atomic mass is 16.6. The molecule has 1 aromatic rings. The molecular weight excluding hydrogens is 220 g/mol. The number of aryl methyl sites for hydroxylation is 1. The highest BCUT2D eigenvalue weighted by Crippen LogP contribution is 2.24. The van der Waals surface area contributed by atoms with Gasteiger partial charge in [-0.25, -0.2) is 4.98 Å². The van der Waals surface area contributed by atoms with Gasteiger partial charge in [0.15, 0.2) is 0 Å². The molecule has 1 aliphatic rings. The van der Waals surface area contributed by atoms with Crippen molar-refractivity contribution in [3.8, 4) is 0 Å². The maximum atomic E-state index is 10.6. The summed E-state index contributed by atoms with van der Waals surface area (Å²) >= 11 is 0. The van der Waals surface area contributed by atoms with E-state index in [1.165, 1.54) is 6.20 Å². The molecule has 0 aliphatic carbocycles. The summed E-state index contributed by atoms with van der Waals surface area (Å²) < 4.78 is 0. The van der Waals surface area contributed by atoms with Crippen molar-refractivity contribution in [1.29, 1.82) is 0 Å². The molecule has 1 fully saturated rings. The summed E-state index contributed by atoms with van der Waals surface area (Å²) in [6.07, 6.45) is 2.31. The number of nitro groups is 1. The first kappa shape index (κ1) is 11.8. The van der Waals surface area contributed by atoms with Gasteiger partial charge >= 0.3 is 0 Å². The molecule has 17 heavy (non-hydrogen) atoms. The normalized spacial score (nSPS) is 23.6. The van der Waals surface area contributed by atoms with Crippen LogP contribution >= 0.6 is 0 Å².